The van der Waals surface area contributed by atoms with Crippen molar-refractivity contribution in [3.8, 4) is 0 Å². The van der Waals surface area contributed by atoms with E-state index < -0.39 is 67.9 Å². The Labute approximate surface area is 209 Å². The number of hydrogen-bond donors (Lipinski definition) is 2. The number of ketones is 2. The molecule has 4 aliphatic rings. The molecule has 2 unspecified atom stereocenters. The van der Waals surface area contributed by atoms with Gasteiger partial charge in [-0.3, -0.25) is 13.8 Å². The van der Waals surface area contributed by atoms with Crippen LogP contribution in [0.25, 0.3) is 0 Å². The molecule has 0 spiro atoms. The number of halogens is 2. The quantitative estimate of drug-likeness (QED) is 0.288. The number of carbonyl (C=O) groups excluding carboxylic acids is 2. The first kappa shape index (κ1) is 26.9. The molecule has 196 valence electrons. The average molecular weight is 535 g/mol. The standard InChI is InChI=1S/C24H32ClFO8S/c1-21-7-6-15(27)10-14(21)4-5-16-17-11-20(33-8-9-34-35(3,31)32)24(30,19(29)13-25)22(17,2)12-18(28)23(16,21)26/h6-7,10,16-18,20,28,30H,4-5,8-9,11-13H2,1-3H3/t16-,17-,18?,20?,21-,22-,23-,24+/m0/s1. The summed E-state index contributed by atoms with van der Waals surface area (Å²) in [5, 5.41) is 23.2. The Bertz CT molecular complexity index is 1090. The van der Waals surface area contributed by atoms with Gasteiger partial charge in [0, 0.05) is 16.7 Å². The summed E-state index contributed by atoms with van der Waals surface area (Å²) < 4.78 is 50.2. The van der Waals surface area contributed by atoms with Crippen molar-refractivity contribution in [1.82, 2.24) is 0 Å². The Morgan fingerprint density at radius 3 is 2.60 bits per heavy atom. The number of aliphatic hydroxyl groups is 2. The van der Waals surface area contributed by atoms with Crippen LogP contribution in [-0.4, -0.2) is 79.0 Å². The Balaban J connectivity index is 1.71. The van der Waals surface area contributed by atoms with E-state index in [9.17, 15) is 28.2 Å². The van der Waals surface area contributed by atoms with Gasteiger partial charge in [0.05, 0.1) is 37.6 Å². The number of rotatable bonds is 7. The second-order valence-electron chi connectivity index (χ2n) is 10.7. The number of fused-ring (bicyclic) bond motifs is 5. The molecule has 0 aromatic carbocycles. The summed E-state index contributed by atoms with van der Waals surface area (Å²) in [5.74, 6) is -2.69. The molecule has 0 aromatic rings. The third-order valence-electron chi connectivity index (χ3n) is 9.08. The SMILES string of the molecule is C[C@]12C=CC(=O)C=C1CC[C@H]1[C@@H]3CC(OCCOS(C)(=O)=O)[C@](O)(C(=O)CCl)[C@@]3(C)CC(O)[C@@]12F. The van der Waals surface area contributed by atoms with Gasteiger partial charge in [-0.05, 0) is 50.7 Å². The van der Waals surface area contributed by atoms with Crippen molar-refractivity contribution in [2.24, 2.45) is 22.7 Å². The lowest BCUT2D eigenvalue weighted by Gasteiger charge is -2.62. The van der Waals surface area contributed by atoms with Crippen LogP contribution in [0.5, 0.6) is 0 Å². The van der Waals surface area contributed by atoms with Crippen LogP contribution in [0.4, 0.5) is 4.39 Å². The minimum atomic E-state index is -3.70. The van der Waals surface area contributed by atoms with E-state index in [1.165, 1.54) is 18.2 Å². The Kier molecular flexibility index (Phi) is 6.68. The molecule has 8 nitrogen and oxygen atoms in total. The van der Waals surface area contributed by atoms with Gasteiger partial charge in [0.2, 0.25) is 0 Å². The van der Waals surface area contributed by atoms with E-state index in [1.54, 1.807) is 13.8 Å². The van der Waals surface area contributed by atoms with Crippen LogP contribution in [-0.2, 0) is 28.6 Å². The third-order valence-corrected chi connectivity index (χ3v) is 9.92. The fraction of sp³-hybridized carbons (Fsp3) is 0.750. The van der Waals surface area contributed by atoms with Crippen molar-refractivity contribution in [3.05, 3.63) is 23.8 Å². The molecule has 0 heterocycles. The summed E-state index contributed by atoms with van der Waals surface area (Å²) in [6.07, 6.45) is 3.25. The molecule has 0 saturated heterocycles. The summed E-state index contributed by atoms with van der Waals surface area (Å²) in [6, 6.07) is 0. The van der Waals surface area contributed by atoms with Crippen LogP contribution in [0.15, 0.2) is 23.8 Å². The fourth-order valence-electron chi connectivity index (χ4n) is 7.37. The van der Waals surface area contributed by atoms with Crippen molar-refractivity contribution in [2.45, 2.75) is 63.0 Å². The van der Waals surface area contributed by atoms with Gasteiger partial charge in [-0.1, -0.05) is 18.6 Å². The molecule has 4 aliphatic carbocycles. The number of carbonyl (C=O) groups is 2. The highest BCUT2D eigenvalue weighted by atomic mass is 35.5. The molecule has 3 fully saturated rings. The third kappa shape index (κ3) is 3.78. The summed E-state index contributed by atoms with van der Waals surface area (Å²) in [7, 11) is -3.70. The lowest BCUT2D eigenvalue weighted by molar-refractivity contribution is -0.222. The van der Waals surface area contributed by atoms with Gasteiger partial charge in [0.15, 0.2) is 22.8 Å². The largest absolute Gasteiger partial charge is 0.390 e. The van der Waals surface area contributed by atoms with E-state index in [0.29, 0.717) is 18.4 Å². The first-order valence-corrected chi connectivity index (χ1v) is 14.1. The second kappa shape index (κ2) is 8.70. The van der Waals surface area contributed by atoms with Crippen LogP contribution in [0.1, 0.15) is 39.5 Å². The molecule has 8 atom stereocenters. The van der Waals surface area contributed by atoms with Crippen LogP contribution in [0.2, 0.25) is 0 Å². The van der Waals surface area contributed by atoms with E-state index in [-0.39, 0.29) is 31.8 Å². The van der Waals surface area contributed by atoms with Gasteiger partial charge < -0.3 is 14.9 Å². The number of allylic oxidation sites excluding steroid dienone is 4. The van der Waals surface area contributed by atoms with Crippen LogP contribution >= 0.6 is 11.6 Å². The van der Waals surface area contributed by atoms with Crippen molar-refractivity contribution in [2.75, 3.05) is 25.3 Å². The topological polar surface area (TPSA) is 127 Å². The summed E-state index contributed by atoms with van der Waals surface area (Å²) in [6.45, 7) is 2.81. The number of Topliss-reactive ketones (excluding diaryl/α,β-unsaturated/α-hetero) is 1. The summed E-state index contributed by atoms with van der Waals surface area (Å²) in [5.41, 5.74) is -6.06. The van der Waals surface area contributed by atoms with E-state index >= 15 is 4.39 Å². The van der Waals surface area contributed by atoms with Gasteiger partial charge in [-0.2, -0.15) is 8.42 Å². The number of ether oxygens (including phenoxy) is 1. The summed E-state index contributed by atoms with van der Waals surface area (Å²) in [4.78, 5) is 25.0. The van der Waals surface area contributed by atoms with Crippen LogP contribution < -0.4 is 0 Å². The van der Waals surface area contributed by atoms with Gasteiger partial charge in [0.1, 0.15) is 0 Å². The molecule has 4 rings (SSSR count). The van der Waals surface area contributed by atoms with Gasteiger partial charge >= 0.3 is 0 Å². The first-order chi connectivity index (χ1) is 16.1. The van der Waals surface area contributed by atoms with Gasteiger partial charge in [-0.15, -0.1) is 11.6 Å². The van der Waals surface area contributed by atoms with E-state index in [2.05, 4.69) is 0 Å². The van der Waals surface area contributed by atoms with E-state index in [0.717, 1.165) is 6.26 Å². The summed E-state index contributed by atoms with van der Waals surface area (Å²) >= 11 is 5.88. The van der Waals surface area contributed by atoms with Gasteiger partial charge in [-0.25, -0.2) is 4.39 Å². The van der Waals surface area contributed by atoms with E-state index in [4.69, 9.17) is 20.5 Å². The number of aliphatic hydroxyl groups excluding tert-OH is 1. The Hall–Kier alpha value is -1.17. The van der Waals surface area contributed by atoms with Crippen molar-refractivity contribution in [1.29, 1.82) is 0 Å². The minimum absolute atomic E-state index is 0.120. The van der Waals surface area contributed by atoms with Crippen LogP contribution in [0.3, 0.4) is 0 Å². The fourth-order valence-corrected chi connectivity index (χ4v) is 7.94. The predicted molar refractivity (Wildman–Crippen MR) is 125 cm³/mol. The highest BCUT2D eigenvalue weighted by Crippen LogP contribution is 2.70. The molecule has 0 aliphatic heterocycles. The maximum absolute atomic E-state index is 17.2. The molecule has 0 radical (unpaired) electrons. The molecular formula is C24H32ClFO8S. The zero-order valence-electron chi connectivity index (χ0n) is 20.0. The normalized spacial score (nSPS) is 44.9. The zero-order valence-corrected chi connectivity index (χ0v) is 21.6. The lowest BCUT2D eigenvalue weighted by Crippen LogP contribution is -2.69. The minimum Gasteiger partial charge on any atom is -0.390 e. The predicted octanol–water partition coefficient (Wildman–Crippen LogP) is 1.87. The molecule has 0 bridgehead atoms. The molecule has 0 amide bonds. The lowest BCUT2D eigenvalue weighted by atomic mass is 9.44. The molecule has 35 heavy (non-hydrogen) atoms. The van der Waals surface area contributed by atoms with E-state index in [1.807, 2.05) is 0 Å². The monoisotopic (exact) mass is 534 g/mol. The molecule has 3 saturated carbocycles. The highest BCUT2D eigenvalue weighted by molar-refractivity contribution is 7.85. The van der Waals surface area contributed by atoms with Gasteiger partial charge in [0.25, 0.3) is 10.1 Å². The maximum atomic E-state index is 17.2. The highest BCUT2D eigenvalue weighted by Gasteiger charge is 2.76. The molecular weight excluding hydrogens is 503 g/mol. The Morgan fingerprint density at radius 2 is 1.97 bits per heavy atom. The first-order valence-electron chi connectivity index (χ1n) is 11.7. The number of alkyl halides is 2. The Morgan fingerprint density at radius 1 is 1.29 bits per heavy atom. The smallest absolute Gasteiger partial charge is 0.264 e. The van der Waals surface area contributed by atoms with Crippen molar-refractivity contribution in [3.63, 3.8) is 0 Å². The molecule has 11 heteroatoms. The maximum Gasteiger partial charge on any atom is 0.264 e. The van der Waals surface area contributed by atoms with Crippen LogP contribution in [0, 0.1) is 22.7 Å². The molecule has 0 aromatic heterocycles. The molecule has 2 N–H and O–H groups in total. The zero-order chi connectivity index (χ0) is 26.0. The average Bonchev–Trinajstić information content (AvgIpc) is 2.99. The number of hydrogen-bond acceptors (Lipinski definition) is 8. The second-order valence-corrected chi connectivity index (χ2v) is 12.6. The van der Waals surface area contributed by atoms with Crippen molar-refractivity contribution < 1.29 is 41.5 Å². The van der Waals surface area contributed by atoms with Crippen molar-refractivity contribution >= 4 is 33.3 Å².